The Morgan fingerprint density at radius 3 is 2.66 bits per heavy atom. The van der Waals surface area contributed by atoms with E-state index in [1.165, 1.54) is 17.3 Å². The van der Waals surface area contributed by atoms with Gasteiger partial charge in [0.2, 0.25) is 11.9 Å². The van der Waals surface area contributed by atoms with Gasteiger partial charge < -0.3 is 19.9 Å². The average molecular weight is 545 g/mol. The Bertz CT molecular complexity index is 1480. The SMILES string of the molecule is Cn1c(C(O)N2CC(F)(F)C2)cc2c1CN(c1ncc(Cl)c(Nc3ccc(-c4c[nH]nc4F)cc3)n1)CC2. The minimum atomic E-state index is -2.75. The van der Waals surface area contributed by atoms with Crippen molar-refractivity contribution in [2.24, 2.45) is 7.05 Å². The van der Waals surface area contributed by atoms with E-state index in [1.54, 1.807) is 24.3 Å². The predicted molar refractivity (Wildman–Crippen MR) is 136 cm³/mol. The van der Waals surface area contributed by atoms with E-state index in [0.717, 1.165) is 11.3 Å². The normalized spacial score (nSPS) is 17.7. The van der Waals surface area contributed by atoms with E-state index in [0.29, 0.717) is 58.8 Å². The van der Waals surface area contributed by atoms with Gasteiger partial charge in [0.25, 0.3) is 5.92 Å². The monoisotopic (exact) mass is 544 g/mol. The zero-order chi connectivity index (χ0) is 26.6. The molecule has 6 rings (SSSR count). The molecule has 13 heteroatoms. The van der Waals surface area contributed by atoms with Crippen LogP contribution in [0.2, 0.25) is 5.02 Å². The highest BCUT2D eigenvalue weighted by atomic mass is 35.5. The second-order valence-electron chi connectivity index (χ2n) is 9.56. The van der Waals surface area contributed by atoms with Crippen molar-refractivity contribution in [2.75, 3.05) is 29.9 Å². The predicted octanol–water partition coefficient (Wildman–Crippen LogP) is 4.25. The summed E-state index contributed by atoms with van der Waals surface area (Å²) in [7, 11) is 1.83. The fourth-order valence-corrected chi connectivity index (χ4v) is 5.08. The number of hydrogen-bond acceptors (Lipinski definition) is 7. The van der Waals surface area contributed by atoms with E-state index in [9.17, 15) is 18.3 Å². The molecule has 38 heavy (non-hydrogen) atoms. The Morgan fingerprint density at radius 1 is 1.21 bits per heavy atom. The number of halogens is 4. The Morgan fingerprint density at radius 2 is 1.97 bits per heavy atom. The summed E-state index contributed by atoms with van der Waals surface area (Å²) in [6, 6.07) is 9.00. The number of aromatic amines is 1. The van der Waals surface area contributed by atoms with Crippen LogP contribution in [0.3, 0.4) is 0 Å². The first-order valence-corrected chi connectivity index (χ1v) is 12.4. The fourth-order valence-electron chi connectivity index (χ4n) is 4.94. The lowest BCUT2D eigenvalue weighted by atomic mass is 10.1. The molecule has 3 aromatic heterocycles. The number of nitrogens with zero attached hydrogens (tertiary/aromatic N) is 6. The summed E-state index contributed by atoms with van der Waals surface area (Å²) in [5.74, 6) is -2.42. The molecule has 9 nitrogen and oxygen atoms in total. The van der Waals surface area contributed by atoms with Gasteiger partial charge in [-0.05, 0) is 35.7 Å². The standard InChI is InChI=1S/C25H24ClF3N8O/c1-35-19(23(38)37-12-25(28,29)13-37)8-15-6-7-36(11-20(15)35)24-30-10-18(26)22(33-24)32-16-4-2-14(3-5-16)17-9-31-34-21(17)27/h2-5,8-10,23,38H,6-7,11-13H2,1H3,(H,31,34)(H,30,32,33). The van der Waals surface area contributed by atoms with E-state index in [2.05, 4.69) is 25.5 Å². The molecule has 0 amide bonds. The summed E-state index contributed by atoms with van der Waals surface area (Å²) in [5.41, 5.74) is 4.38. The van der Waals surface area contributed by atoms with Gasteiger partial charge in [0.05, 0.1) is 37.1 Å². The minimum Gasteiger partial charge on any atom is -0.373 e. The van der Waals surface area contributed by atoms with E-state index in [-0.39, 0.29) is 0 Å². The van der Waals surface area contributed by atoms with Gasteiger partial charge >= 0.3 is 0 Å². The molecule has 3 N–H and O–H groups in total. The largest absolute Gasteiger partial charge is 0.373 e. The van der Waals surface area contributed by atoms with Crippen LogP contribution in [0.5, 0.6) is 0 Å². The van der Waals surface area contributed by atoms with E-state index < -0.39 is 31.2 Å². The summed E-state index contributed by atoms with van der Waals surface area (Å²) in [4.78, 5) is 12.4. The lowest BCUT2D eigenvalue weighted by molar-refractivity contribution is -0.187. The summed E-state index contributed by atoms with van der Waals surface area (Å²) < 4.78 is 42.2. The van der Waals surface area contributed by atoms with Gasteiger partial charge in [0.1, 0.15) is 11.3 Å². The second kappa shape index (κ2) is 9.29. The zero-order valence-corrected chi connectivity index (χ0v) is 21.1. The van der Waals surface area contributed by atoms with Crippen molar-refractivity contribution in [1.29, 1.82) is 0 Å². The fraction of sp³-hybridized carbons (Fsp3) is 0.320. The molecule has 1 fully saturated rings. The van der Waals surface area contributed by atoms with Crippen molar-refractivity contribution < 1.29 is 18.3 Å². The molecule has 0 spiro atoms. The molecule has 198 valence electrons. The summed E-state index contributed by atoms with van der Waals surface area (Å²) in [5, 5.41) is 20.2. The van der Waals surface area contributed by atoms with Crippen LogP contribution in [0.25, 0.3) is 11.1 Å². The Balaban J connectivity index is 1.18. The minimum absolute atomic E-state index is 0.340. The van der Waals surface area contributed by atoms with Gasteiger partial charge in [-0.3, -0.25) is 10.00 Å². The highest BCUT2D eigenvalue weighted by Crippen LogP contribution is 2.36. The number of aliphatic hydroxyl groups is 1. The zero-order valence-electron chi connectivity index (χ0n) is 20.3. The van der Waals surface area contributed by atoms with Crippen molar-refractivity contribution in [3.05, 3.63) is 70.6 Å². The molecule has 2 aliphatic rings. The van der Waals surface area contributed by atoms with Crippen LogP contribution in [0, 0.1) is 5.95 Å². The Hall–Kier alpha value is -3.61. The summed E-state index contributed by atoms with van der Waals surface area (Å²) in [6.07, 6.45) is 2.63. The van der Waals surface area contributed by atoms with Crippen LogP contribution >= 0.6 is 11.6 Å². The highest BCUT2D eigenvalue weighted by Gasteiger charge is 2.47. The number of fused-ring (bicyclic) bond motifs is 1. The average Bonchev–Trinajstić information content (AvgIpc) is 3.46. The van der Waals surface area contributed by atoms with Crippen molar-refractivity contribution in [1.82, 2.24) is 29.6 Å². The number of H-pyrrole nitrogens is 1. The lowest BCUT2D eigenvalue weighted by Crippen LogP contribution is -2.57. The van der Waals surface area contributed by atoms with Crippen LogP contribution in [0.1, 0.15) is 23.2 Å². The molecule has 1 aromatic carbocycles. The van der Waals surface area contributed by atoms with Crippen molar-refractivity contribution >= 4 is 29.1 Å². The van der Waals surface area contributed by atoms with E-state index in [1.807, 2.05) is 22.6 Å². The number of benzene rings is 1. The third-order valence-corrected chi connectivity index (χ3v) is 7.30. The van der Waals surface area contributed by atoms with Gasteiger partial charge in [0.15, 0.2) is 5.82 Å². The maximum Gasteiger partial charge on any atom is 0.273 e. The Labute approximate surface area is 220 Å². The van der Waals surface area contributed by atoms with Crippen LogP contribution in [0.15, 0.2) is 42.7 Å². The smallest absolute Gasteiger partial charge is 0.273 e. The number of alkyl halides is 2. The first-order valence-electron chi connectivity index (χ1n) is 12.0. The first-order chi connectivity index (χ1) is 18.2. The van der Waals surface area contributed by atoms with Gasteiger partial charge in [-0.1, -0.05) is 23.7 Å². The summed E-state index contributed by atoms with van der Waals surface area (Å²) >= 11 is 6.37. The van der Waals surface area contributed by atoms with E-state index >= 15 is 0 Å². The number of anilines is 3. The topological polar surface area (TPSA) is 98.1 Å². The van der Waals surface area contributed by atoms with Gasteiger partial charge in [-0.15, -0.1) is 5.10 Å². The lowest BCUT2D eigenvalue weighted by Gasteiger charge is -2.41. The molecule has 0 saturated carbocycles. The number of aliphatic hydroxyl groups excluding tert-OH is 1. The van der Waals surface area contributed by atoms with Crippen molar-refractivity contribution in [3.63, 3.8) is 0 Å². The summed E-state index contributed by atoms with van der Waals surface area (Å²) in [6.45, 7) is 0.224. The molecule has 1 unspecified atom stereocenters. The van der Waals surface area contributed by atoms with Crippen molar-refractivity contribution in [3.8, 4) is 11.1 Å². The molecule has 0 aliphatic carbocycles. The molecule has 1 saturated heterocycles. The maximum absolute atomic E-state index is 13.8. The van der Waals surface area contributed by atoms with Gasteiger partial charge in [-0.2, -0.15) is 9.37 Å². The molecule has 0 bridgehead atoms. The molecule has 2 aliphatic heterocycles. The van der Waals surface area contributed by atoms with E-state index in [4.69, 9.17) is 11.6 Å². The number of rotatable bonds is 6. The number of likely N-dealkylation sites (tertiary alicyclic amines) is 1. The first kappa shape index (κ1) is 24.7. The molecular weight excluding hydrogens is 521 g/mol. The molecule has 5 heterocycles. The quantitative estimate of drug-likeness (QED) is 0.334. The second-order valence-corrected chi connectivity index (χ2v) is 9.97. The third kappa shape index (κ3) is 4.48. The molecule has 1 atom stereocenters. The van der Waals surface area contributed by atoms with Crippen LogP contribution in [0.4, 0.5) is 30.6 Å². The molecule has 0 radical (unpaired) electrons. The Kier molecular flexibility index (Phi) is 6.04. The maximum atomic E-state index is 13.8. The van der Waals surface area contributed by atoms with Crippen molar-refractivity contribution in [2.45, 2.75) is 25.1 Å². The molecular formula is C25H24ClF3N8O. The van der Waals surface area contributed by atoms with Crippen LogP contribution < -0.4 is 10.2 Å². The number of nitrogens with one attached hydrogen (secondary N) is 2. The van der Waals surface area contributed by atoms with Gasteiger partial charge in [0, 0.05) is 31.2 Å². The van der Waals surface area contributed by atoms with Crippen LogP contribution in [-0.2, 0) is 20.0 Å². The third-order valence-electron chi connectivity index (χ3n) is 7.02. The van der Waals surface area contributed by atoms with Crippen LogP contribution in [-0.4, -0.2) is 60.3 Å². The highest BCUT2D eigenvalue weighted by molar-refractivity contribution is 6.32. The number of aromatic nitrogens is 5. The molecule has 4 aromatic rings. The number of hydrogen-bond donors (Lipinski definition) is 3. The van der Waals surface area contributed by atoms with Gasteiger partial charge in [-0.25, -0.2) is 13.8 Å².